The van der Waals surface area contributed by atoms with Crippen molar-refractivity contribution in [2.75, 3.05) is 0 Å². The number of rotatable bonds is 4. The molecule has 1 saturated carbocycles. The van der Waals surface area contributed by atoms with Gasteiger partial charge in [0.2, 0.25) is 11.8 Å². The maximum atomic E-state index is 12.1. The van der Waals surface area contributed by atoms with E-state index in [1.165, 1.54) is 4.90 Å². The van der Waals surface area contributed by atoms with Crippen LogP contribution in [-0.2, 0) is 16.1 Å². The van der Waals surface area contributed by atoms with E-state index in [-0.39, 0.29) is 30.3 Å². The van der Waals surface area contributed by atoms with Crippen LogP contribution in [0.1, 0.15) is 24.8 Å². The van der Waals surface area contributed by atoms with Crippen molar-refractivity contribution < 1.29 is 9.59 Å². The van der Waals surface area contributed by atoms with Crippen LogP contribution in [0.3, 0.4) is 0 Å². The van der Waals surface area contributed by atoms with Crippen LogP contribution in [0.15, 0.2) is 24.3 Å². The monoisotopic (exact) mass is 278 g/mol. The maximum absolute atomic E-state index is 12.1. The van der Waals surface area contributed by atoms with E-state index < -0.39 is 0 Å². The van der Waals surface area contributed by atoms with E-state index in [0.717, 1.165) is 18.4 Å². The van der Waals surface area contributed by atoms with Crippen molar-refractivity contribution in [2.45, 2.75) is 37.9 Å². The molecule has 1 heterocycles. The quantitative estimate of drug-likeness (QED) is 0.853. The summed E-state index contributed by atoms with van der Waals surface area (Å²) in [6.45, 7) is 0.569. The molecule has 1 saturated heterocycles. The first-order valence-corrected chi connectivity index (χ1v) is 6.86. The van der Waals surface area contributed by atoms with Crippen molar-refractivity contribution in [3.63, 3.8) is 0 Å². The summed E-state index contributed by atoms with van der Waals surface area (Å²) in [7, 11) is 0. The number of amides is 2. The zero-order chi connectivity index (χ0) is 13.4. The minimum absolute atomic E-state index is 0.0406. The fraction of sp³-hybridized carbons (Fsp3) is 0.429. The van der Waals surface area contributed by atoms with Gasteiger partial charge in [-0.3, -0.25) is 14.5 Å². The minimum atomic E-state index is -0.372. The normalized spacial score (nSPS) is 23.2. The number of benzene rings is 1. The Morgan fingerprint density at radius 3 is 2.53 bits per heavy atom. The van der Waals surface area contributed by atoms with Gasteiger partial charge < -0.3 is 5.32 Å². The van der Waals surface area contributed by atoms with Gasteiger partial charge in [0.1, 0.15) is 0 Å². The molecule has 1 aromatic rings. The fourth-order valence-corrected chi connectivity index (χ4v) is 2.50. The summed E-state index contributed by atoms with van der Waals surface area (Å²) in [5, 5.41) is 3.85. The van der Waals surface area contributed by atoms with Crippen LogP contribution in [0.4, 0.5) is 0 Å². The van der Waals surface area contributed by atoms with E-state index in [2.05, 4.69) is 5.32 Å². The fourth-order valence-electron chi connectivity index (χ4n) is 2.37. The van der Waals surface area contributed by atoms with Crippen LogP contribution in [-0.4, -0.2) is 28.8 Å². The summed E-state index contributed by atoms with van der Waals surface area (Å²) < 4.78 is 0. The highest BCUT2D eigenvalue weighted by Crippen LogP contribution is 2.31. The van der Waals surface area contributed by atoms with E-state index in [1.54, 1.807) is 0 Å². The second-order valence-corrected chi connectivity index (χ2v) is 5.53. The van der Waals surface area contributed by atoms with Gasteiger partial charge >= 0.3 is 0 Å². The van der Waals surface area contributed by atoms with Crippen LogP contribution in [0.5, 0.6) is 0 Å². The number of likely N-dealkylation sites (tertiary alicyclic amines) is 1. The van der Waals surface area contributed by atoms with E-state index in [4.69, 9.17) is 11.6 Å². The second-order valence-electron chi connectivity index (χ2n) is 5.10. The predicted octanol–water partition coefficient (Wildman–Crippen LogP) is 1.72. The summed E-state index contributed by atoms with van der Waals surface area (Å²) in [6, 6.07) is 7.25. The summed E-state index contributed by atoms with van der Waals surface area (Å²) >= 11 is 5.82. The number of hydrogen-bond acceptors (Lipinski definition) is 3. The number of imide groups is 1. The molecule has 0 bridgehead atoms. The number of carbonyl (C=O) groups excluding carboxylic acids is 2. The average Bonchev–Trinajstić information content (AvgIpc) is 3.17. The molecular weight excluding hydrogens is 264 g/mol. The second kappa shape index (κ2) is 4.94. The van der Waals surface area contributed by atoms with Crippen LogP contribution < -0.4 is 5.32 Å². The lowest BCUT2D eigenvalue weighted by atomic mass is 10.2. The largest absolute Gasteiger partial charge is 0.301 e. The third-order valence-corrected chi connectivity index (χ3v) is 3.81. The number of halogens is 1. The molecule has 19 heavy (non-hydrogen) atoms. The molecule has 100 valence electrons. The van der Waals surface area contributed by atoms with Gasteiger partial charge in [-0.1, -0.05) is 23.7 Å². The van der Waals surface area contributed by atoms with E-state index in [1.807, 2.05) is 24.3 Å². The summed E-state index contributed by atoms with van der Waals surface area (Å²) in [4.78, 5) is 25.3. The maximum Gasteiger partial charge on any atom is 0.247 e. The van der Waals surface area contributed by atoms with Gasteiger partial charge in [0.15, 0.2) is 0 Å². The third-order valence-electron chi connectivity index (χ3n) is 3.56. The lowest BCUT2D eigenvalue weighted by Crippen LogP contribution is -2.39. The van der Waals surface area contributed by atoms with Crippen molar-refractivity contribution in [3.8, 4) is 0 Å². The van der Waals surface area contributed by atoms with Gasteiger partial charge in [-0.15, -0.1) is 0 Å². The summed E-state index contributed by atoms with van der Waals surface area (Å²) in [6.07, 6.45) is 2.20. The lowest BCUT2D eigenvalue weighted by molar-refractivity contribution is -0.139. The predicted molar refractivity (Wildman–Crippen MR) is 71.6 cm³/mol. The number of hydrogen-bond donors (Lipinski definition) is 1. The van der Waals surface area contributed by atoms with Crippen LogP contribution in [0.2, 0.25) is 5.02 Å². The molecule has 0 spiro atoms. The van der Waals surface area contributed by atoms with E-state index in [0.29, 0.717) is 11.6 Å². The van der Waals surface area contributed by atoms with Gasteiger partial charge in [-0.25, -0.2) is 0 Å². The molecule has 0 radical (unpaired) electrons. The van der Waals surface area contributed by atoms with Gasteiger partial charge in [0.05, 0.1) is 12.5 Å². The first kappa shape index (κ1) is 12.6. The van der Waals surface area contributed by atoms with Crippen molar-refractivity contribution in [3.05, 3.63) is 34.9 Å². The van der Waals surface area contributed by atoms with Gasteiger partial charge in [-0.05, 0) is 30.5 Å². The Morgan fingerprint density at radius 1 is 1.21 bits per heavy atom. The molecule has 2 fully saturated rings. The summed E-state index contributed by atoms with van der Waals surface area (Å²) in [5.74, 6) is -0.109. The molecule has 1 aliphatic carbocycles. The SMILES string of the molecule is O=C1CC(NCc2ccc(Cl)cc2)C(=O)N1C1CC1. The molecule has 1 N–H and O–H groups in total. The van der Waals surface area contributed by atoms with Crippen LogP contribution in [0.25, 0.3) is 0 Å². The molecule has 1 aromatic carbocycles. The Morgan fingerprint density at radius 2 is 1.89 bits per heavy atom. The smallest absolute Gasteiger partial charge is 0.247 e. The molecule has 0 aromatic heterocycles. The first-order chi connectivity index (χ1) is 9.15. The molecule has 1 aliphatic heterocycles. The van der Waals surface area contributed by atoms with Gasteiger partial charge in [0.25, 0.3) is 0 Å². The molecule has 2 aliphatic rings. The average molecular weight is 279 g/mol. The Kier molecular flexibility index (Phi) is 3.29. The third kappa shape index (κ3) is 2.65. The number of nitrogens with zero attached hydrogens (tertiary/aromatic N) is 1. The van der Waals surface area contributed by atoms with E-state index >= 15 is 0 Å². The standard InChI is InChI=1S/C14H15ClN2O2/c15-10-3-1-9(2-4-10)8-16-12-7-13(18)17(14(12)19)11-5-6-11/h1-4,11-12,16H,5-8H2. The first-order valence-electron chi connectivity index (χ1n) is 6.49. The Labute approximate surface area is 116 Å². The minimum Gasteiger partial charge on any atom is -0.301 e. The molecule has 5 heteroatoms. The highest BCUT2D eigenvalue weighted by atomic mass is 35.5. The molecule has 3 rings (SSSR count). The van der Waals surface area contributed by atoms with Gasteiger partial charge in [0, 0.05) is 17.6 Å². The molecule has 2 amide bonds. The Balaban J connectivity index is 1.60. The summed E-state index contributed by atoms with van der Waals surface area (Å²) in [5.41, 5.74) is 1.05. The Bertz CT molecular complexity index is 511. The van der Waals surface area contributed by atoms with Crippen molar-refractivity contribution >= 4 is 23.4 Å². The molecule has 4 nitrogen and oxygen atoms in total. The van der Waals surface area contributed by atoms with Crippen molar-refractivity contribution in [1.82, 2.24) is 10.2 Å². The number of nitrogens with one attached hydrogen (secondary N) is 1. The topological polar surface area (TPSA) is 49.4 Å². The Hall–Kier alpha value is -1.39. The zero-order valence-corrected chi connectivity index (χ0v) is 11.2. The molecule has 1 atom stereocenters. The van der Waals surface area contributed by atoms with Crippen molar-refractivity contribution in [2.24, 2.45) is 0 Å². The highest BCUT2D eigenvalue weighted by Gasteiger charge is 2.45. The van der Waals surface area contributed by atoms with Crippen LogP contribution >= 0.6 is 11.6 Å². The lowest BCUT2D eigenvalue weighted by Gasteiger charge is -2.14. The van der Waals surface area contributed by atoms with Crippen molar-refractivity contribution in [1.29, 1.82) is 0 Å². The number of carbonyl (C=O) groups is 2. The highest BCUT2D eigenvalue weighted by molar-refractivity contribution is 6.30. The molecular formula is C14H15ClN2O2. The van der Waals surface area contributed by atoms with Crippen LogP contribution in [0, 0.1) is 0 Å². The zero-order valence-electron chi connectivity index (χ0n) is 10.4. The van der Waals surface area contributed by atoms with Gasteiger partial charge in [-0.2, -0.15) is 0 Å². The molecule has 1 unspecified atom stereocenters. The van der Waals surface area contributed by atoms with E-state index in [9.17, 15) is 9.59 Å².